The van der Waals surface area contributed by atoms with Crippen molar-refractivity contribution in [2.45, 2.75) is 25.3 Å². The molecule has 10 heteroatoms. The van der Waals surface area contributed by atoms with E-state index in [0.29, 0.717) is 12.0 Å². The van der Waals surface area contributed by atoms with E-state index >= 15 is 0 Å². The average molecular weight is 379 g/mol. The summed E-state index contributed by atoms with van der Waals surface area (Å²) in [6, 6.07) is 5.64. The van der Waals surface area contributed by atoms with Crippen molar-refractivity contribution < 1.29 is 35.9 Å². The zero-order valence-electron chi connectivity index (χ0n) is 13.2. The summed E-state index contributed by atoms with van der Waals surface area (Å²) in [5.74, 6) is -1.91. The summed E-state index contributed by atoms with van der Waals surface area (Å²) in [4.78, 5) is 23.0. The normalized spacial score (nSPS) is 12.2. The summed E-state index contributed by atoms with van der Waals surface area (Å²) in [6.45, 7) is 1.87. The second-order valence-electron chi connectivity index (χ2n) is 4.73. The van der Waals surface area contributed by atoms with Crippen molar-refractivity contribution in [1.82, 2.24) is 4.72 Å². The Labute approximate surface area is 142 Å². The predicted molar refractivity (Wildman–Crippen MR) is 83.0 cm³/mol. The molecule has 0 aliphatic rings. The minimum Gasteiger partial charge on any atom is -0.463 e. The molecule has 0 aromatic heterocycles. The quantitative estimate of drug-likeness (QED) is 0.580. The summed E-state index contributed by atoms with van der Waals surface area (Å²) in [5.41, 5.74) is -5.44. The van der Waals surface area contributed by atoms with Gasteiger partial charge in [-0.1, -0.05) is 24.3 Å². The number of hydrogen-bond acceptors (Lipinski definition) is 5. The lowest BCUT2D eigenvalue weighted by Gasteiger charge is -2.11. The van der Waals surface area contributed by atoms with E-state index < -0.39 is 27.4 Å². The van der Waals surface area contributed by atoms with E-state index in [9.17, 15) is 31.2 Å². The van der Waals surface area contributed by atoms with Gasteiger partial charge in [-0.3, -0.25) is 4.79 Å². The van der Waals surface area contributed by atoms with Gasteiger partial charge in [0.05, 0.1) is 6.61 Å². The number of halogens is 3. The SMILES string of the molecule is CCOC(=O)/C=C\CCc1ccccc1C(=O)NS(=O)(=O)C(F)(F)F. The molecule has 25 heavy (non-hydrogen) atoms. The van der Waals surface area contributed by atoms with Crippen LogP contribution in [0.15, 0.2) is 36.4 Å². The summed E-state index contributed by atoms with van der Waals surface area (Å²) >= 11 is 0. The Balaban J connectivity index is 2.83. The first-order valence-electron chi connectivity index (χ1n) is 7.13. The third-order valence-corrected chi connectivity index (χ3v) is 3.98. The number of carbonyl (C=O) groups is 2. The molecule has 138 valence electrons. The van der Waals surface area contributed by atoms with E-state index in [4.69, 9.17) is 0 Å². The van der Waals surface area contributed by atoms with Crippen LogP contribution in [0.25, 0.3) is 0 Å². The molecule has 6 nitrogen and oxygen atoms in total. The first-order valence-corrected chi connectivity index (χ1v) is 8.61. The summed E-state index contributed by atoms with van der Waals surface area (Å²) in [7, 11) is -5.78. The molecule has 0 spiro atoms. The highest BCUT2D eigenvalue weighted by molar-refractivity contribution is 7.90. The number of amides is 1. The Hall–Kier alpha value is -2.36. The number of allylic oxidation sites excluding steroid dienone is 1. The molecule has 1 rings (SSSR count). The summed E-state index contributed by atoms with van der Waals surface area (Å²) in [5, 5.41) is 0. The van der Waals surface area contributed by atoms with Crippen LogP contribution in [0.4, 0.5) is 13.2 Å². The van der Waals surface area contributed by atoms with E-state index in [1.807, 2.05) is 0 Å². The van der Waals surface area contributed by atoms with Crippen molar-refractivity contribution in [2.75, 3.05) is 6.61 Å². The zero-order valence-corrected chi connectivity index (χ0v) is 14.0. The van der Waals surface area contributed by atoms with Crippen LogP contribution in [0, 0.1) is 0 Å². The van der Waals surface area contributed by atoms with Gasteiger partial charge in [0.2, 0.25) is 0 Å². The zero-order chi connectivity index (χ0) is 19.1. The molecule has 0 aliphatic heterocycles. The third kappa shape index (κ3) is 6.22. The number of aryl methyl sites for hydroxylation is 1. The van der Waals surface area contributed by atoms with Gasteiger partial charge >= 0.3 is 21.5 Å². The van der Waals surface area contributed by atoms with Crippen molar-refractivity contribution in [3.05, 3.63) is 47.5 Å². The Bertz CT molecular complexity index is 757. The maximum atomic E-state index is 12.3. The molecule has 0 fully saturated rings. The van der Waals surface area contributed by atoms with E-state index in [-0.39, 0.29) is 18.6 Å². The van der Waals surface area contributed by atoms with Crippen LogP contribution in [0.3, 0.4) is 0 Å². The van der Waals surface area contributed by atoms with E-state index in [2.05, 4.69) is 4.74 Å². The fourth-order valence-corrected chi connectivity index (χ4v) is 2.27. The van der Waals surface area contributed by atoms with Gasteiger partial charge in [-0.15, -0.1) is 0 Å². The fraction of sp³-hybridized carbons (Fsp3) is 0.333. The number of alkyl halides is 3. The van der Waals surface area contributed by atoms with Crippen LogP contribution in [0.2, 0.25) is 0 Å². The largest absolute Gasteiger partial charge is 0.516 e. The first-order chi connectivity index (χ1) is 11.6. The smallest absolute Gasteiger partial charge is 0.463 e. The van der Waals surface area contributed by atoms with E-state index in [1.54, 1.807) is 13.0 Å². The first kappa shape index (κ1) is 20.7. The Morgan fingerprint density at radius 2 is 1.88 bits per heavy atom. The van der Waals surface area contributed by atoms with Crippen LogP contribution in [0.1, 0.15) is 29.3 Å². The molecule has 0 radical (unpaired) electrons. The van der Waals surface area contributed by atoms with Crippen LogP contribution < -0.4 is 4.72 Å². The second-order valence-corrected chi connectivity index (χ2v) is 6.40. The highest BCUT2D eigenvalue weighted by Gasteiger charge is 2.47. The maximum Gasteiger partial charge on any atom is 0.516 e. The molecular formula is C15H16F3NO5S. The van der Waals surface area contributed by atoms with Gasteiger partial charge in [-0.25, -0.2) is 9.52 Å². The molecule has 0 atom stereocenters. The van der Waals surface area contributed by atoms with Gasteiger partial charge in [-0.2, -0.15) is 21.6 Å². The molecule has 0 heterocycles. The standard InChI is InChI=1S/C15H16F3NO5S/c1-2-24-13(20)10-6-4-8-11-7-3-5-9-12(11)14(21)19-25(22,23)15(16,17)18/h3,5-7,9-10H,2,4,8H2,1H3,(H,19,21)/b10-6-. The molecule has 1 aromatic rings. The van der Waals surface area contributed by atoms with Crippen molar-refractivity contribution in [3.8, 4) is 0 Å². The number of carbonyl (C=O) groups excluding carboxylic acids is 2. The van der Waals surface area contributed by atoms with Gasteiger partial charge in [-0.05, 0) is 31.4 Å². The van der Waals surface area contributed by atoms with E-state index in [0.717, 1.165) is 4.72 Å². The number of nitrogens with one attached hydrogen (secondary N) is 1. The van der Waals surface area contributed by atoms with Crippen molar-refractivity contribution >= 4 is 21.9 Å². The lowest BCUT2D eigenvalue weighted by molar-refractivity contribution is -0.137. The number of benzene rings is 1. The Morgan fingerprint density at radius 1 is 1.24 bits per heavy atom. The number of sulfonamides is 1. The highest BCUT2D eigenvalue weighted by Crippen LogP contribution is 2.22. The van der Waals surface area contributed by atoms with Gasteiger partial charge in [0.15, 0.2) is 0 Å². The van der Waals surface area contributed by atoms with Gasteiger partial charge in [0, 0.05) is 11.6 Å². The van der Waals surface area contributed by atoms with Crippen LogP contribution in [-0.2, 0) is 26.0 Å². The molecule has 0 aliphatic carbocycles. The number of esters is 1. The molecule has 0 saturated carbocycles. The van der Waals surface area contributed by atoms with Crippen molar-refractivity contribution in [2.24, 2.45) is 0 Å². The van der Waals surface area contributed by atoms with Crippen LogP contribution in [-0.4, -0.2) is 32.4 Å². The van der Waals surface area contributed by atoms with Gasteiger partial charge in [0.25, 0.3) is 5.91 Å². The van der Waals surface area contributed by atoms with Gasteiger partial charge < -0.3 is 4.74 Å². The lowest BCUT2D eigenvalue weighted by Crippen LogP contribution is -2.40. The summed E-state index contributed by atoms with van der Waals surface area (Å²) < 4.78 is 64.7. The number of hydrogen-bond donors (Lipinski definition) is 1. The highest BCUT2D eigenvalue weighted by atomic mass is 32.2. The molecule has 1 aromatic carbocycles. The number of ether oxygens (including phenoxy) is 1. The topological polar surface area (TPSA) is 89.5 Å². The second kappa shape index (κ2) is 8.65. The minimum absolute atomic E-state index is 0.195. The molecule has 1 amide bonds. The van der Waals surface area contributed by atoms with Gasteiger partial charge in [0.1, 0.15) is 0 Å². The lowest BCUT2D eigenvalue weighted by atomic mass is 10.0. The third-order valence-electron chi connectivity index (χ3n) is 2.91. The predicted octanol–water partition coefficient (Wildman–Crippen LogP) is 2.32. The Morgan fingerprint density at radius 3 is 2.48 bits per heavy atom. The van der Waals surface area contributed by atoms with E-state index in [1.165, 1.54) is 30.4 Å². The molecule has 0 bridgehead atoms. The molecule has 1 N–H and O–H groups in total. The minimum atomic E-state index is -5.78. The maximum absolute atomic E-state index is 12.3. The molecule has 0 unspecified atom stereocenters. The van der Waals surface area contributed by atoms with Crippen molar-refractivity contribution in [1.29, 1.82) is 0 Å². The Kier molecular flexibility index (Phi) is 7.16. The average Bonchev–Trinajstić information content (AvgIpc) is 2.50. The molecule has 0 saturated heterocycles. The summed E-state index contributed by atoms with van der Waals surface area (Å²) in [6.07, 6.45) is 3.19. The fourth-order valence-electron chi connectivity index (χ4n) is 1.80. The van der Waals surface area contributed by atoms with Crippen LogP contribution >= 0.6 is 0 Å². The van der Waals surface area contributed by atoms with Crippen LogP contribution in [0.5, 0.6) is 0 Å². The molecular weight excluding hydrogens is 363 g/mol. The monoisotopic (exact) mass is 379 g/mol. The van der Waals surface area contributed by atoms with Crippen molar-refractivity contribution in [3.63, 3.8) is 0 Å². The number of rotatable bonds is 7.